The molecule has 2 rings (SSSR count). The summed E-state index contributed by atoms with van der Waals surface area (Å²) in [5.74, 6) is 0.476. The van der Waals surface area contributed by atoms with Crippen molar-refractivity contribution in [3.63, 3.8) is 0 Å². The van der Waals surface area contributed by atoms with Gasteiger partial charge in [0.25, 0.3) is 0 Å². The molecule has 3 heteroatoms. The van der Waals surface area contributed by atoms with E-state index in [9.17, 15) is 0 Å². The third-order valence-corrected chi connectivity index (χ3v) is 3.24. The maximum atomic E-state index is 6.13. The first kappa shape index (κ1) is 10.7. The normalized spacial score (nSPS) is 11.3. The van der Waals surface area contributed by atoms with Crippen LogP contribution in [-0.2, 0) is 0 Å². The van der Waals surface area contributed by atoms with Gasteiger partial charge in [0.2, 0.25) is 0 Å². The number of fused-ring (bicyclic) bond motifs is 1. The summed E-state index contributed by atoms with van der Waals surface area (Å²) < 4.78 is 0. The second kappa shape index (κ2) is 3.99. The van der Waals surface area contributed by atoms with Crippen LogP contribution in [-0.4, -0.2) is 4.98 Å². The largest absolute Gasteiger partial charge is 0.255 e. The van der Waals surface area contributed by atoms with Gasteiger partial charge in [-0.05, 0) is 23.6 Å². The zero-order valence-electron chi connectivity index (χ0n) is 8.59. The lowest BCUT2D eigenvalue weighted by Gasteiger charge is -2.08. The molecule has 15 heavy (non-hydrogen) atoms. The van der Waals surface area contributed by atoms with Gasteiger partial charge in [0, 0.05) is 11.6 Å². The molecule has 1 aromatic heterocycles. The maximum absolute atomic E-state index is 6.13. The molecule has 0 atom stereocenters. The van der Waals surface area contributed by atoms with Gasteiger partial charge in [0.05, 0.1) is 15.6 Å². The quantitative estimate of drug-likeness (QED) is 0.706. The molecule has 78 valence electrons. The zero-order valence-corrected chi connectivity index (χ0v) is 10.1. The summed E-state index contributed by atoms with van der Waals surface area (Å²) in [6, 6.07) is 6.11. The molecule has 0 saturated heterocycles. The Morgan fingerprint density at radius 3 is 2.60 bits per heavy atom. The Morgan fingerprint density at radius 1 is 1.20 bits per heavy atom. The monoisotopic (exact) mass is 239 g/mol. The van der Waals surface area contributed by atoms with Crippen molar-refractivity contribution in [2.24, 2.45) is 0 Å². The maximum Gasteiger partial charge on any atom is 0.0782 e. The Hall–Kier alpha value is -0.790. The molecular formula is C12H11Cl2N. The molecule has 0 unspecified atom stereocenters. The number of aromatic nitrogens is 1. The SMILES string of the molecule is CC(C)c1ccc2ncc(Cl)c(Cl)c2c1. The van der Waals surface area contributed by atoms with Crippen molar-refractivity contribution in [1.82, 2.24) is 4.98 Å². The van der Waals surface area contributed by atoms with E-state index < -0.39 is 0 Å². The summed E-state index contributed by atoms with van der Waals surface area (Å²) >= 11 is 12.1. The summed E-state index contributed by atoms with van der Waals surface area (Å²) in [4.78, 5) is 4.23. The fraction of sp³-hybridized carbons (Fsp3) is 0.250. The lowest BCUT2D eigenvalue weighted by molar-refractivity contribution is 0.868. The topological polar surface area (TPSA) is 12.9 Å². The van der Waals surface area contributed by atoms with Gasteiger partial charge in [-0.15, -0.1) is 0 Å². The summed E-state index contributed by atoms with van der Waals surface area (Å²) in [7, 11) is 0. The van der Waals surface area contributed by atoms with Gasteiger partial charge in [-0.25, -0.2) is 0 Å². The minimum atomic E-state index is 0.476. The predicted molar refractivity (Wildman–Crippen MR) is 65.9 cm³/mol. The van der Waals surface area contributed by atoms with Gasteiger partial charge in [-0.3, -0.25) is 4.98 Å². The van der Waals surface area contributed by atoms with Crippen molar-refractivity contribution in [3.05, 3.63) is 40.0 Å². The van der Waals surface area contributed by atoms with E-state index in [1.165, 1.54) is 5.56 Å². The number of hydrogen-bond donors (Lipinski definition) is 0. The molecule has 0 N–H and O–H groups in total. The second-order valence-corrected chi connectivity index (χ2v) is 4.64. The predicted octanol–water partition coefficient (Wildman–Crippen LogP) is 4.67. The first-order valence-corrected chi connectivity index (χ1v) is 5.59. The highest BCUT2D eigenvalue weighted by Gasteiger charge is 2.07. The van der Waals surface area contributed by atoms with Crippen LogP contribution in [0.5, 0.6) is 0 Å². The van der Waals surface area contributed by atoms with Gasteiger partial charge >= 0.3 is 0 Å². The number of halogens is 2. The highest BCUT2D eigenvalue weighted by Crippen LogP contribution is 2.30. The van der Waals surface area contributed by atoms with Gasteiger partial charge in [0.15, 0.2) is 0 Å². The molecule has 0 aliphatic carbocycles. The van der Waals surface area contributed by atoms with Crippen LogP contribution >= 0.6 is 23.2 Å². The average Bonchev–Trinajstić information content (AvgIpc) is 2.23. The zero-order chi connectivity index (χ0) is 11.0. The summed E-state index contributed by atoms with van der Waals surface area (Å²) in [6.45, 7) is 4.29. The van der Waals surface area contributed by atoms with Crippen LogP contribution < -0.4 is 0 Å². The van der Waals surface area contributed by atoms with Crippen molar-refractivity contribution in [2.75, 3.05) is 0 Å². The van der Waals surface area contributed by atoms with Crippen LogP contribution in [0.4, 0.5) is 0 Å². The number of hydrogen-bond acceptors (Lipinski definition) is 1. The molecule has 0 radical (unpaired) electrons. The van der Waals surface area contributed by atoms with E-state index in [-0.39, 0.29) is 0 Å². The molecule has 0 fully saturated rings. The van der Waals surface area contributed by atoms with Crippen molar-refractivity contribution >= 4 is 34.1 Å². The van der Waals surface area contributed by atoms with Crippen LogP contribution in [0, 0.1) is 0 Å². The van der Waals surface area contributed by atoms with E-state index in [0.29, 0.717) is 16.0 Å². The first-order chi connectivity index (χ1) is 7.09. The van der Waals surface area contributed by atoms with Gasteiger partial charge < -0.3 is 0 Å². The van der Waals surface area contributed by atoms with Crippen LogP contribution in [0.1, 0.15) is 25.3 Å². The Balaban J connectivity index is 2.73. The lowest BCUT2D eigenvalue weighted by Crippen LogP contribution is -1.88. The number of rotatable bonds is 1. The minimum Gasteiger partial charge on any atom is -0.255 e. The van der Waals surface area contributed by atoms with Gasteiger partial charge in [-0.2, -0.15) is 0 Å². The van der Waals surface area contributed by atoms with Crippen LogP contribution in [0.2, 0.25) is 10.0 Å². The average molecular weight is 240 g/mol. The molecule has 1 aromatic carbocycles. The Labute approximate surface area is 99.0 Å². The van der Waals surface area contributed by atoms with Crippen LogP contribution in [0.15, 0.2) is 24.4 Å². The number of nitrogens with zero attached hydrogens (tertiary/aromatic N) is 1. The van der Waals surface area contributed by atoms with E-state index in [2.05, 4.69) is 31.0 Å². The van der Waals surface area contributed by atoms with Crippen molar-refractivity contribution < 1.29 is 0 Å². The fourth-order valence-corrected chi connectivity index (χ4v) is 1.86. The van der Waals surface area contributed by atoms with E-state index in [1.54, 1.807) is 6.20 Å². The molecule has 1 nitrogen and oxygen atoms in total. The third-order valence-electron chi connectivity index (χ3n) is 2.45. The number of pyridine rings is 1. The molecule has 0 aliphatic heterocycles. The summed E-state index contributed by atoms with van der Waals surface area (Å²) in [5.41, 5.74) is 2.13. The fourth-order valence-electron chi connectivity index (χ4n) is 1.51. The van der Waals surface area contributed by atoms with E-state index in [0.717, 1.165) is 10.9 Å². The van der Waals surface area contributed by atoms with Crippen LogP contribution in [0.25, 0.3) is 10.9 Å². The van der Waals surface area contributed by atoms with Crippen molar-refractivity contribution in [2.45, 2.75) is 19.8 Å². The van der Waals surface area contributed by atoms with Crippen molar-refractivity contribution in [3.8, 4) is 0 Å². The minimum absolute atomic E-state index is 0.476. The Morgan fingerprint density at radius 2 is 1.93 bits per heavy atom. The van der Waals surface area contributed by atoms with Crippen LogP contribution in [0.3, 0.4) is 0 Å². The molecule has 0 aliphatic rings. The standard InChI is InChI=1S/C12H11Cl2N/c1-7(2)8-3-4-11-9(5-8)12(14)10(13)6-15-11/h3-7H,1-2H3. The Bertz CT molecular complexity index is 506. The number of benzene rings is 1. The van der Waals surface area contributed by atoms with Gasteiger partial charge in [0.1, 0.15) is 0 Å². The van der Waals surface area contributed by atoms with E-state index in [1.807, 2.05) is 6.07 Å². The van der Waals surface area contributed by atoms with Crippen molar-refractivity contribution in [1.29, 1.82) is 0 Å². The second-order valence-electron chi connectivity index (χ2n) is 3.85. The third kappa shape index (κ3) is 1.95. The molecule has 0 bridgehead atoms. The Kier molecular flexibility index (Phi) is 2.85. The molecule has 0 amide bonds. The highest BCUT2D eigenvalue weighted by atomic mass is 35.5. The molecule has 1 heterocycles. The van der Waals surface area contributed by atoms with E-state index in [4.69, 9.17) is 23.2 Å². The van der Waals surface area contributed by atoms with Gasteiger partial charge in [-0.1, -0.05) is 43.1 Å². The first-order valence-electron chi connectivity index (χ1n) is 4.83. The van der Waals surface area contributed by atoms with E-state index >= 15 is 0 Å². The molecule has 0 spiro atoms. The highest BCUT2D eigenvalue weighted by molar-refractivity contribution is 6.45. The summed E-state index contributed by atoms with van der Waals surface area (Å²) in [5, 5.41) is 2.02. The smallest absolute Gasteiger partial charge is 0.0782 e. The molecule has 0 saturated carbocycles. The molecule has 2 aromatic rings. The molecular weight excluding hydrogens is 229 g/mol. The lowest BCUT2D eigenvalue weighted by atomic mass is 10.0. The summed E-state index contributed by atoms with van der Waals surface area (Å²) in [6.07, 6.45) is 1.58.